The molecular weight excluding hydrogens is 461 g/mol. The average molecular weight is 476 g/mol. The summed E-state index contributed by atoms with van der Waals surface area (Å²) < 4.78 is 25.6. The maximum absolute atomic E-state index is 14.6. The van der Waals surface area contributed by atoms with Gasteiger partial charge in [-0.25, -0.2) is 14.1 Å². The van der Waals surface area contributed by atoms with Crippen molar-refractivity contribution in [2.45, 2.75) is 13.0 Å². The maximum atomic E-state index is 14.6. The summed E-state index contributed by atoms with van der Waals surface area (Å²) in [6.45, 7) is 0.0362. The van der Waals surface area contributed by atoms with E-state index >= 15 is 0 Å². The highest BCUT2D eigenvalue weighted by molar-refractivity contribution is 7.12. The highest BCUT2D eigenvalue weighted by Crippen LogP contribution is 2.34. The van der Waals surface area contributed by atoms with Gasteiger partial charge in [0.15, 0.2) is 0 Å². The minimum atomic E-state index is -1.29. The second-order valence-electron chi connectivity index (χ2n) is 6.84. The average Bonchev–Trinajstić information content (AvgIpc) is 3.18. The molecule has 0 aliphatic carbocycles. The Labute approximate surface area is 190 Å². The number of fused-ring (bicyclic) bond motifs is 1. The number of rotatable bonds is 6. The van der Waals surface area contributed by atoms with E-state index in [1.165, 1.54) is 24.6 Å². The van der Waals surface area contributed by atoms with Gasteiger partial charge in [-0.2, -0.15) is 0 Å². The van der Waals surface area contributed by atoms with Gasteiger partial charge in [-0.15, -0.1) is 11.3 Å². The summed E-state index contributed by atoms with van der Waals surface area (Å²) in [6.07, 6.45) is -0.213. The van der Waals surface area contributed by atoms with Crippen LogP contribution in [0.25, 0.3) is 0 Å². The van der Waals surface area contributed by atoms with Crippen molar-refractivity contribution >= 4 is 46.4 Å². The van der Waals surface area contributed by atoms with Crippen LogP contribution in [0.15, 0.2) is 41.8 Å². The van der Waals surface area contributed by atoms with Crippen LogP contribution in [0.5, 0.6) is 11.5 Å². The third kappa shape index (κ3) is 3.92. The van der Waals surface area contributed by atoms with Crippen molar-refractivity contribution < 1.29 is 33.4 Å². The van der Waals surface area contributed by atoms with Crippen LogP contribution in [0.4, 0.5) is 10.1 Å². The lowest BCUT2D eigenvalue weighted by Gasteiger charge is -2.26. The number of nitrogens with zero attached hydrogens (tertiary/aromatic N) is 1. The third-order valence-electron chi connectivity index (χ3n) is 4.86. The number of anilines is 1. The second kappa shape index (κ2) is 8.60. The van der Waals surface area contributed by atoms with Crippen LogP contribution in [0.3, 0.4) is 0 Å². The molecule has 0 radical (unpaired) electrons. The molecule has 0 spiro atoms. The van der Waals surface area contributed by atoms with Gasteiger partial charge in [0.2, 0.25) is 5.91 Å². The van der Waals surface area contributed by atoms with Crippen LogP contribution >= 0.6 is 22.9 Å². The Balaban J connectivity index is 1.65. The number of carbonyl (C=O) groups excluding carboxylic acids is 2. The lowest BCUT2D eigenvalue weighted by atomic mass is 10.0. The van der Waals surface area contributed by atoms with Crippen LogP contribution in [0.1, 0.15) is 31.2 Å². The molecule has 0 bridgehead atoms. The Hall–Kier alpha value is -3.43. The van der Waals surface area contributed by atoms with Gasteiger partial charge < -0.3 is 14.6 Å². The van der Waals surface area contributed by atoms with Crippen LogP contribution < -0.4 is 14.4 Å². The van der Waals surface area contributed by atoms with E-state index in [4.69, 9.17) is 21.1 Å². The van der Waals surface area contributed by atoms with Crippen LogP contribution in [-0.4, -0.2) is 30.0 Å². The SMILES string of the molecule is COc1ccc(Cl)cc1COc1ccc(F)c(N2C(=O)Cc3csc(C(=O)O)c3C2=O)c1. The Morgan fingerprint density at radius 1 is 1.25 bits per heavy atom. The summed E-state index contributed by atoms with van der Waals surface area (Å²) in [5.74, 6) is -2.92. The molecule has 2 heterocycles. The molecule has 4 rings (SSSR count). The van der Waals surface area contributed by atoms with Gasteiger partial charge in [0.25, 0.3) is 5.91 Å². The molecule has 2 amide bonds. The zero-order valence-corrected chi connectivity index (χ0v) is 18.1. The predicted molar refractivity (Wildman–Crippen MR) is 116 cm³/mol. The number of thiophene rings is 1. The highest BCUT2D eigenvalue weighted by atomic mass is 35.5. The molecule has 0 unspecified atom stereocenters. The van der Waals surface area contributed by atoms with Gasteiger partial charge in [0.1, 0.15) is 28.8 Å². The van der Waals surface area contributed by atoms with Crippen LogP contribution in [0.2, 0.25) is 5.02 Å². The maximum Gasteiger partial charge on any atom is 0.346 e. The zero-order chi connectivity index (χ0) is 23.0. The van der Waals surface area contributed by atoms with Crippen LogP contribution in [0, 0.1) is 5.82 Å². The van der Waals surface area contributed by atoms with E-state index in [9.17, 15) is 23.9 Å². The summed E-state index contributed by atoms with van der Waals surface area (Å²) in [5.41, 5.74) is 0.546. The number of aromatic carboxylic acids is 1. The first-order chi connectivity index (χ1) is 15.3. The van der Waals surface area contributed by atoms with Crippen molar-refractivity contribution in [3.05, 3.63) is 74.2 Å². The van der Waals surface area contributed by atoms with E-state index < -0.39 is 23.6 Å². The zero-order valence-electron chi connectivity index (χ0n) is 16.6. The third-order valence-corrected chi connectivity index (χ3v) is 6.12. The first-order valence-electron chi connectivity index (χ1n) is 9.26. The number of carbonyl (C=O) groups is 3. The number of amides is 2. The Kier molecular flexibility index (Phi) is 5.86. The minimum absolute atomic E-state index is 0.0362. The van der Waals surface area contributed by atoms with Crippen molar-refractivity contribution in [3.8, 4) is 11.5 Å². The fourth-order valence-corrected chi connectivity index (χ4v) is 4.49. The van der Waals surface area contributed by atoms with Gasteiger partial charge in [-0.05, 0) is 41.3 Å². The molecule has 32 heavy (non-hydrogen) atoms. The number of halogens is 2. The summed E-state index contributed by atoms with van der Waals surface area (Å²) in [7, 11) is 1.50. The second-order valence-corrected chi connectivity index (χ2v) is 8.16. The lowest BCUT2D eigenvalue weighted by Crippen LogP contribution is -2.43. The smallest absolute Gasteiger partial charge is 0.346 e. The van der Waals surface area contributed by atoms with E-state index in [0.717, 1.165) is 17.4 Å². The molecule has 10 heteroatoms. The molecule has 0 saturated heterocycles. The molecule has 0 atom stereocenters. The van der Waals surface area contributed by atoms with Crippen molar-refractivity contribution in [1.29, 1.82) is 0 Å². The fourth-order valence-electron chi connectivity index (χ4n) is 3.40. The van der Waals surface area contributed by atoms with E-state index in [1.54, 1.807) is 18.2 Å². The number of methoxy groups -OCH3 is 1. The van der Waals surface area contributed by atoms with E-state index in [2.05, 4.69) is 0 Å². The minimum Gasteiger partial charge on any atom is -0.496 e. The summed E-state index contributed by atoms with van der Waals surface area (Å²) >= 11 is 6.87. The molecule has 0 saturated carbocycles. The molecule has 0 fully saturated rings. The Morgan fingerprint density at radius 3 is 2.75 bits per heavy atom. The normalized spacial score (nSPS) is 13.2. The van der Waals surface area contributed by atoms with Gasteiger partial charge >= 0.3 is 5.97 Å². The molecule has 164 valence electrons. The van der Waals surface area contributed by atoms with E-state index in [1.807, 2.05) is 0 Å². The number of imide groups is 1. The largest absolute Gasteiger partial charge is 0.496 e. The summed E-state index contributed by atoms with van der Waals surface area (Å²) in [6, 6.07) is 8.65. The first kappa shape index (κ1) is 21.8. The van der Waals surface area contributed by atoms with Crippen molar-refractivity contribution in [2.24, 2.45) is 0 Å². The van der Waals surface area contributed by atoms with E-state index in [-0.39, 0.29) is 34.9 Å². The monoisotopic (exact) mass is 475 g/mol. The van der Waals surface area contributed by atoms with Crippen LogP contribution in [-0.2, 0) is 17.8 Å². The number of hydrogen-bond acceptors (Lipinski definition) is 6. The quantitative estimate of drug-likeness (QED) is 0.525. The summed E-state index contributed by atoms with van der Waals surface area (Å²) in [5, 5.41) is 11.3. The standard InChI is InChI=1S/C22H15ClFNO6S/c1-30-17-5-2-13(23)6-11(17)9-31-14-3-4-15(24)16(8-14)25-18(26)7-12-10-32-20(22(28)29)19(12)21(25)27/h2-6,8,10H,7,9H2,1H3,(H,28,29). The summed E-state index contributed by atoms with van der Waals surface area (Å²) in [4.78, 5) is 37.5. The Bertz CT molecular complexity index is 1260. The molecule has 7 nitrogen and oxygen atoms in total. The number of benzene rings is 2. The van der Waals surface area contributed by atoms with E-state index in [0.29, 0.717) is 26.8 Å². The molecular formula is C22H15ClFNO6S. The molecule has 2 aromatic carbocycles. The van der Waals surface area contributed by atoms with Gasteiger partial charge in [-0.3, -0.25) is 9.59 Å². The van der Waals surface area contributed by atoms with Crippen molar-refractivity contribution in [2.75, 3.05) is 12.0 Å². The molecule has 1 aliphatic rings. The lowest BCUT2D eigenvalue weighted by molar-refractivity contribution is -0.117. The number of hydrogen-bond donors (Lipinski definition) is 1. The van der Waals surface area contributed by atoms with Gasteiger partial charge in [-0.1, -0.05) is 11.6 Å². The Morgan fingerprint density at radius 2 is 2.03 bits per heavy atom. The molecule has 3 aromatic rings. The number of carboxylic acids is 1. The first-order valence-corrected chi connectivity index (χ1v) is 10.5. The molecule has 1 aliphatic heterocycles. The van der Waals surface area contributed by atoms with Gasteiger partial charge in [0.05, 0.1) is 24.8 Å². The number of carboxylic acid groups (broad SMARTS) is 1. The fraction of sp³-hybridized carbons (Fsp3) is 0.136. The molecule has 1 N–H and O–H groups in total. The predicted octanol–water partition coefficient (Wildman–Crippen LogP) is 4.56. The van der Waals surface area contributed by atoms with Crippen molar-refractivity contribution in [3.63, 3.8) is 0 Å². The molecule has 1 aromatic heterocycles. The number of ether oxygens (including phenoxy) is 2. The van der Waals surface area contributed by atoms with Crippen molar-refractivity contribution in [1.82, 2.24) is 0 Å². The topological polar surface area (TPSA) is 93.1 Å². The van der Waals surface area contributed by atoms with Gasteiger partial charge in [0, 0.05) is 16.7 Å². The highest BCUT2D eigenvalue weighted by Gasteiger charge is 2.38.